The molecule has 80 heavy (non-hydrogen) atoms. The lowest BCUT2D eigenvalue weighted by molar-refractivity contribution is -0.0200. The molecule has 4 heterocycles. The first-order valence-electron chi connectivity index (χ1n) is 28.1. The first-order chi connectivity index (χ1) is 38.1. The highest BCUT2D eigenvalue weighted by atomic mass is 79.9. The molecule has 0 radical (unpaired) electrons. The second kappa shape index (κ2) is 20.4. The van der Waals surface area contributed by atoms with Crippen molar-refractivity contribution in [3.8, 4) is 0 Å². The van der Waals surface area contributed by atoms with Gasteiger partial charge >= 0.3 is 7.12 Å². The number of hydrogen-bond donors (Lipinski definition) is 8. The minimum atomic E-state index is -1.04. The molecule has 6 saturated carbocycles. The van der Waals surface area contributed by atoms with Crippen molar-refractivity contribution in [2.24, 2.45) is 10.8 Å². The molecule has 0 saturated heterocycles. The van der Waals surface area contributed by atoms with Crippen LogP contribution in [0.1, 0.15) is 160 Å². The zero-order chi connectivity index (χ0) is 56.0. The van der Waals surface area contributed by atoms with Gasteiger partial charge in [0.25, 0.3) is 22.9 Å². The van der Waals surface area contributed by atoms with E-state index in [1.165, 1.54) is 18.4 Å². The second-order valence-electron chi connectivity index (χ2n) is 25.4. The monoisotopic (exact) mass is 1150 g/mol. The summed E-state index contributed by atoms with van der Waals surface area (Å²) in [6.45, 7) is 7.58. The van der Waals surface area contributed by atoms with Crippen molar-refractivity contribution in [1.82, 2.24) is 50.6 Å². The van der Waals surface area contributed by atoms with Crippen molar-refractivity contribution < 1.29 is 29.9 Å². The molecule has 18 nitrogen and oxygen atoms in total. The number of fused-ring (bicyclic) bond motifs is 4. The van der Waals surface area contributed by atoms with Gasteiger partial charge in [-0.05, 0) is 156 Å². The van der Waals surface area contributed by atoms with E-state index in [-0.39, 0.29) is 58.2 Å². The van der Waals surface area contributed by atoms with Gasteiger partial charge in [0, 0.05) is 49.9 Å². The van der Waals surface area contributed by atoms with E-state index in [4.69, 9.17) is 10.0 Å². The summed E-state index contributed by atoms with van der Waals surface area (Å²) < 4.78 is 4.38. The number of nitrogens with zero attached hydrogens (tertiary/aromatic N) is 6. The smallest absolute Gasteiger partial charge is 0.427 e. The number of halogens is 1. The lowest BCUT2D eigenvalue weighted by Crippen LogP contribution is -2.55. The first kappa shape index (κ1) is 54.0. The van der Waals surface area contributed by atoms with Gasteiger partial charge < -0.3 is 30.9 Å². The Morgan fingerprint density at radius 3 is 1.43 bits per heavy atom. The number of carbonyl (C=O) groups is 2. The molecule has 8 aromatic rings. The lowest BCUT2D eigenvalue weighted by atomic mass is 9.49. The van der Waals surface area contributed by atoms with Crippen LogP contribution in [0, 0.1) is 10.8 Å². The molecule has 6 aliphatic rings. The van der Waals surface area contributed by atoms with E-state index >= 15 is 0 Å². The van der Waals surface area contributed by atoms with E-state index in [0.717, 1.165) is 113 Å². The summed E-state index contributed by atoms with van der Waals surface area (Å²) in [5.74, 6) is 1.14. The van der Waals surface area contributed by atoms with E-state index in [1.54, 1.807) is 37.1 Å². The molecular weight excluding hydrogens is 1080 g/mol. The maximum absolute atomic E-state index is 13.4. The van der Waals surface area contributed by atoms with Crippen LogP contribution in [-0.4, -0.2) is 102 Å². The van der Waals surface area contributed by atoms with E-state index in [2.05, 4.69) is 69.3 Å². The third-order valence-electron chi connectivity index (χ3n) is 17.4. The zero-order valence-corrected chi connectivity index (χ0v) is 47.1. The average molecular weight is 1150 g/mol. The summed E-state index contributed by atoms with van der Waals surface area (Å²) in [5.41, 5.74) is 4.05. The molecule has 6 fully saturated rings. The van der Waals surface area contributed by atoms with E-state index < -0.39 is 18.3 Å². The number of rotatable bonds is 12. The van der Waals surface area contributed by atoms with Gasteiger partial charge in [0.2, 0.25) is 0 Å². The molecule has 0 unspecified atom stereocenters. The summed E-state index contributed by atoms with van der Waals surface area (Å²) in [7, 11) is -1.04. The summed E-state index contributed by atoms with van der Waals surface area (Å²) in [5, 5.41) is 71.9. The highest BCUT2D eigenvalue weighted by molar-refractivity contribution is 9.10. The molecule has 14 rings (SSSR count). The van der Waals surface area contributed by atoms with Gasteiger partial charge in [0.15, 0.2) is 11.4 Å². The topological polar surface area (TPSA) is 266 Å². The predicted molar refractivity (Wildman–Crippen MR) is 309 cm³/mol. The minimum Gasteiger partial charge on any atom is -0.427 e. The van der Waals surface area contributed by atoms with Crippen LogP contribution in [0.2, 0.25) is 5.82 Å². The Morgan fingerprint density at radius 2 is 1.02 bits per heavy atom. The Balaban J connectivity index is 0.000000144. The molecule has 6 aliphatic carbocycles. The van der Waals surface area contributed by atoms with Crippen LogP contribution in [0.3, 0.4) is 0 Å². The lowest BCUT2D eigenvalue weighted by Gasteiger charge is -2.57. The van der Waals surface area contributed by atoms with Gasteiger partial charge in [0.05, 0.1) is 57.5 Å². The van der Waals surface area contributed by atoms with Crippen LogP contribution >= 0.6 is 15.9 Å². The van der Waals surface area contributed by atoms with E-state index in [9.17, 15) is 29.4 Å². The van der Waals surface area contributed by atoms with Crippen LogP contribution < -0.4 is 21.8 Å². The van der Waals surface area contributed by atoms with Crippen molar-refractivity contribution in [2.45, 2.75) is 165 Å². The third kappa shape index (κ3) is 11.0. The van der Waals surface area contributed by atoms with Crippen molar-refractivity contribution in [2.75, 3.05) is 0 Å². The second-order valence-corrected chi connectivity index (χ2v) is 26.4. The molecule has 4 aromatic carbocycles. The number of carbonyl (C=O) groups excluding carboxylic acids is 2. The summed E-state index contributed by atoms with van der Waals surface area (Å²) >= 11 is 3.49. The van der Waals surface area contributed by atoms with E-state index in [0.29, 0.717) is 46.5 Å². The summed E-state index contributed by atoms with van der Waals surface area (Å²) in [6, 6.07) is 27.5. The van der Waals surface area contributed by atoms with Crippen LogP contribution in [0.4, 0.5) is 0 Å². The van der Waals surface area contributed by atoms with Crippen LogP contribution in [0.15, 0.2) is 99.0 Å². The molecule has 0 atom stereocenters. The van der Waals surface area contributed by atoms with E-state index in [1.807, 2.05) is 72.8 Å². The van der Waals surface area contributed by atoms with Gasteiger partial charge in [-0.2, -0.15) is 20.4 Å². The Labute approximate surface area is 470 Å². The molecule has 416 valence electrons. The fourth-order valence-electron chi connectivity index (χ4n) is 13.3. The molecular formula is C60H68BBrN10O8. The van der Waals surface area contributed by atoms with Crippen molar-refractivity contribution >= 4 is 78.2 Å². The Hall–Kier alpha value is -6.58. The predicted octanol–water partition coefficient (Wildman–Crippen LogP) is 8.26. The molecule has 0 aliphatic heterocycles. The number of hydrogen-bond acceptors (Lipinski definition) is 12. The maximum atomic E-state index is 13.4. The van der Waals surface area contributed by atoms with Gasteiger partial charge in [-0.3, -0.25) is 28.5 Å². The third-order valence-corrected chi connectivity index (χ3v) is 17.9. The quantitative estimate of drug-likeness (QED) is 0.0538. The van der Waals surface area contributed by atoms with Crippen LogP contribution in [0.5, 0.6) is 0 Å². The highest BCUT2D eigenvalue weighted by Gasteiger charge is 2.55. The molecule has 4 aromatic heterocycles. The molecule has 20 heteroatoms. The number of aromatic amines is 2. The fraction of sp³-hybridized carbons (Fsp3) is 0.467. The molecule has 8 N–H and O–H groups in total. The van der Waals surface area contributed by atoms with Crippen molar-refractivity contribution in [1.29, 1.82) is 0 Å². The number of aromatic nitrogens is 8. The van der Waals surface area contributed by atoms with Crippen LogP contribution in [0.25, 0.3) is 43.4 Å². The maximum Gasteiger partial charge on any atom is 0.454 e. The Morgan fingerprint density at radius 1 is 0.600 bits per heavy atom. The number of H-pyrrole nitrogens is 2. The molecule has 0 bridgehead atoms. The van der Waals surface area contributed by atoms with Gasteiger partial charge in [-0.25, -0.2) is 10.2 Å². The molecule has 2 amide bonds. The largest absolute Gasteiger partial charge is 0.454 e. The van der Waals surface area contributed by atoms with Crippen molar-refractivity contribution in [3.63, 3.8) is 0 Å². The number of aliphatic hydroxyl groups is 2. The fourth-order valence-corrected chi connectivity index (χ4v) is 13.7. The normalized spacial score (nSPS) is 24.0. The minimum absolute atomic E-state index is 0.115. The van der Waals surface area contributed by atoms with Gasteiger partial charge in [-0.1, -0.05) is 77.3 Å². The average Bonchev–Trinajstić information content (AvgIpc) is 4.45. The van der Waals surface area contributed by atoms with Crippen molar-refractivity contribution in [3.05, 3.63) is 138 Å². The SMILES string of the molecule is CC(C)(O)Cn1nc(C(=O)NC2CC3(C2)CC(c2n[nH]c(=O)c4ccccc24)C3)c2ccc(Br)cc21.CC(C)(O)Cn1nc(C(=O)NC2CC3(C2)CC(c2n[nH]c(=O)c4ccccc24)C3)c2ccc(C3CC3)cc21.OB(O)C1CC1. The Bertz CT molecular complexity index is 3820. The first-order valence-corrected chi connectivity index (χ1v) is 28.9. The number of nitrogens with one attached hydrogen (secondary N) is 4. The highest BCUT2D eigenvalue weighted by Crippen LogP contribution is 2.63. The number of amides is 2. The number of benzene rings is 4. The summed E-state index contributed by atoms with van der Waals surface area (Å²) in [4.78, 5) is 50.8. The zero-order valence-electron chi connectivity index (χ0n) is 45.5. The van der Waals surface area contributed by atoms with Gasteiger partial charge in [0.1, 0.15) is 0 Å². The summed E-state index contributed by atoms with van der Waals surface area (Å²) in [6.07, 6.45) is 12.2. The van der Waals surface area contributed by atoms with Gasteiger partial charge in [-0.15, -0.1) is 0 Å². The van der Waals surface area contributed by atoms with Crippen LogP contribution in [-0.2, 0) is 13.1 Å². The molecule has 2 spiro atoms. The Kier molecular flexibility index (Phi) is 13.8. The standard InChI is InChI=1S/C30H33N5O3.C27H28BrN5O3.C3H7BO2/c1-29(2,38)16-35-24-11-18(17-7-8-17)9-10-23(24)26(34-35)28(37)31-20-14-30(15-20)12-19(13-30)25-21-5-3-4-6-22(21)27(36)33-32-25;1-26(2,36)14-33-21-9-16(28)7-8-20(21)23(32-33)25(35)29-17-12-27(13-17)10-15(11-27)22-18-5-3-4-6-19(18)24(34)31-30-22;5-4(6)3-1-2-3/h3-6,9-11,17,19-20,38H,7-8,12-16H2,1-2H3,(H,31,37)(H,33,36);3-9,15,17,36H,10-14H2,1-2H3,(H,29,35)(H,31,34);3,5-6H,1-2H2.